The SMILES string of the molecule is CB1OB(C)OB(C)O1.CC(=N)N.CC(=N)NC(=O)c1c(Br)cnc(Cl)c1F.Cc1nc2c(C)ncc(C#N)c2c(=O)[nH]1.Cc1nc2c(Cl)ncc(Br)c2c(=O)[nH]1.Cc1nc2c(Cl)ncc(C#N)c2c(=O)[nH]1.Cl.Fc1cc(Br)cnc1Cl.O=C(O)c1c(Br)cnc(Cl)c1F. The maximum atomic E-state index is 13.4. The summed E-state index contributed by atoms with van der Waals surface area (Å²) < 4.78 is 55.4. The van der Waals surface area contributed by atoms with Gasteiger partial charge in [0, 0.05) is 41.7 Å². The number of amidine groups is 2. The number of aromatic amines is 3. The maximum Gasteiger partial charge on any atom is 0.426 e. The summed E-state index contributed by atoms with van der Waals surface area (Å²) in [6, 6.07) is 5.07. The molecule has 1 aliphatic rings. The van der Waals surface area contributed by atoms with Gasteiger partial charge in [0.1, 0.15) is 51.7 Å². The van der Waals surface area contributed by atoms with Crippen LogP contribution in [-0.4, -0.2) is 110 Å². The van der Waals surface area contributed by atoms with E-state index in [0.29, 0.717) is 53.9 Å². The van der Waals surface area contributed by atoms with E-state index in [1.807, 2.05) is 32.6 Å². The van der Waals surface area contributed by atoms with Crippen LogP contribution in [0.25, 0.3) is 32.7 Å². The summed E-state index contributed by atoms with van der Waals surface area (Å²) >= 11 is 39.7. The number of carboxylic acids is 1. The smallest absolute Gasteiger partial charge is 0.426 e. The molecule has 10 rings (SSSR count). The molecule has 43 heteroatoms. The van der Waals surface area contributed by atoms with Crippen molar-refractivity contribution in [3.05, 3.63) is 181 Å². The predicted molar refractivity (Wildman–Crippen MR) is 368 cm³/mol. The van der Waals surface area contributed by atoms with Gasteiger partial charge in [-0.05, 0) is 132 Å². The van der Waals surface area contributed by atoms with Gasteiger partial charge in [0.2, 0.25) is 0 Å². The molecule has 94 heavy (non-hydrogen) atoms. The molecule has 0 aromatic carbocycles. The largest absolute Gasteiger partial charge is 0.478 e. The van der Waals surface area contributed by atoms with Crippen molar-refractivity contribution in [2.75, 3.05) is 0 Å². The Bertz CT molecular complexity index is 4450. The molecule has 0 aliphatic carbocycles. The zero-order chi connectivity index (χ0) is 70.5. The molecular formula is C51H44B3Br4Cl6F3N18O9. The number of carbonyl (C=O) groups is 2. The Morgan fingerprint density at radius 3 is 1.35 bits per heavy atom. The number of hydrogen-bond acceptors (Lipinski definition) is 21. The van der Waals surface area contributed by atoms with Crippen molar-refractivity contribution >= 4 is 212 Å². The minimum Gasteiger partial charge on any atom is -0.478 e. The molecule has 0 spiro atoms. The number of halogens is 13. The summed E-state index contributed by atoms with van der Waals surface area (Å²) in [5.41, 5.74) is 5.29. The van der Waals surface area contributed by atoms with Crippen LogP contribution in [0.1, 0.15) is 68.9 Å². The van der Waals surface area contributed by atoms with Gasteiger partial charge in [0.25, 0.3) is 22.6 Å². The van der Waals surface area contributed by atoms with Crippen LogP contribution in [-0.2, 0) is 13.7 Å². The number of H-pyrrole nitrogens is 3. The van der Waals surface area contributed by atoms with Crippen molar-refractivity contribution in [2.45, 2.75) is 62.0 Å². The van der Waals surface area contributed by atoms with Crippen LogP contribution in [0.3, 0.4) is 0 Å². The summed E-state index contributed by atoms with van der Waals surface area (Å²) in [5, 5.41) is 42.0. The van der Waals surface area contributed by atoms with Crippen molar-refractivity contribution < 1.29 is 41.6 Å². The van der Waals surface area contributed by atoms with Crippen molar-refractivity contribution in [3.63, 3.8) is 0 Å². The molecule has 0 unspecified atom stereocenters. The first kappa shape index (κ1) is 83.0. The number of nitrogens with zero attached hydrogens (tertiary/aromatic N) is 11. The first-order chi connectivity index (χ1) is 43.4. The lowest BCUT2D eigenvalue weighted by molar-refractivity contribution is 0.0690. The van der Waals surface area contributed by atoms with Gasteiger partial charge in [0.05, 0.1) is 63.6 Å². The quantitative estimate of drug-likeness (QED) is 0.0345. The van der Waals surface area contributed by atoms with E-state index in [1.54, 1.807) is 27.7 Å². The van der Waals surface area contributed by atoms with Crippen molar-refractivity contribution in [1.82, 2.24) is 65.1 Å². The second-order valence-electron chi connectivity index (χ2n) is 17.7. The Hall–Kier alpha value is -7.10. The molecule has 9 N–H and O–H groups in total. The first-order valence-electron chi connectivity index (χ1n) is 25.2. The van der Waals surface area contributed by atoms with Gasteiger partial charge in [0.15, 0.2) is 43.2 Å². The molecule has 1 fully saturated rings. The topological polar surface area (TPSA) is 430 Å². The van der Waals surface area contributed by atoms with Gasteiger partial charge in [-0.3, -0.25) is 35.0 Å². The minimum atomic E-state index is -1.39. The molecule has 9 aromatic rings. The number of carbonyl (C=O) groups excluding carboxylic acids is 1. The number of rotatable bonds is 2. The third-order valence-electron chi connectivity index (χ3n) is 10.4. The number of nitrogens with two attached hydrogens (primary N) is 1. The average Bonchev–Trinajstić information content (AvgIpc) is 0.817. The van der Waals surface area contributed by atoms with E-state index >= 15 is 0 Å². The monoisotopic (exact) mass is 1670 g/mol. The molecular weight excluding hydrogens is 1630 g/mol. The summed E-state index contributed by atoms with van der Waals surface area (Å²) in [5.74, 6) is -3.02. The van der Waals surface area contributed by atoms with Gasteiger partial charge >= 0.3 is 27.3 Å². The second-order valence-corrected chi connectivity index (χ2v) is 23.0. The van der Waals surface area contributed by atoms with E-state index in [0.717, 1.165) is 6.20 Å². The fourth-order valence-electron chi connectivity index (χ4n) is 6.81. The highest BCUT2D eigenvalue weighted by Crippen LogP contribution is 2.26. The molecule has 1 amide bonds. The minimum absolute atomic E-state index is 0. The predicted octanol–water partition coefficient (Wildman–Crippen LogP) is 12.1. The van der Waals surface area contributed by atoms with E-state index in [9.17, 15) is 37.1 Å². The Morgan fingerprint density at radius 2 is 0.947 bits per heavy atom. The molecule has 1 aliphatic heterocycles. The Kier molecular flexibility index (Phi) is 34.5. The van der Waals surface area contributed by atoms with Gasteiger partial charge in [-0.2, -0.15) is 10.5 Å². The summed E-state index contributed by atoms with van der Waals surface area (Å²) in [7, 11) is -0.406. The lowest BCUT2D eigenvalue weighted by Gasteiger charge is -2.25. The lowest BCUT2D eigenvalue weighted by atomic mass is 9.74. The zero-order valence-electron chi connectivity index (χ0n) is 49.4. The van der Waals surface area contributed by atoms with Crippen LogP contribution in [0, 0.1) is 78.6 Å². The molecule has 492 valence electrons. The fourth-order valence-corrected chi connectivity index (χ4v) is 9.24. The van der Waals surface area contributed by atoms with Crippen LogP contribution in [0.2, 0.25) is 46.2 Å². The molecule has 0 atom stereocenters. The summed E-state index contributed by atoms with van der Waals surface area (Å²) in [4.78, 5) is 98.8. The molecule has 10 heterocycles. The number of amides is 1. The number of carboxylic acid groups (broad SMARTS) is 1. The Labute approximate surface area is 595 Å². The highest BCUT2D eigenvalue weighted by Gasteiger charge is 2.31. The van der Waals surface area contributed by atoms with Gasteiger partial charge < -0.3 is 44.8 Å². The van der Waals surface area contributed by atoms with Crippen molar-refractivity contribution in [2.24, 2.45) is 5.73 Å². The molecule has 27 nitrogen and oxygen atoms in total. The van der Waals surface area contributed by atoms with E-state index < -0.39 is 40.0 Å². The molecule has 0 bridgehead atoms. The van der Waals surface area contributed by atoms with E-state index in [1.165, 1.54) is 50.9 Å². The first-order valence-corrected chi connectivity index (χ1v) is 30.2. The normalized spacial score (nSPS) is 10.9. The molecule has 0 radical (unpaired) electrons. The van der Waals surface area contributed by atoms with E-state index in [2.05, 4.69) is 129 Å². The van der Waals surface area contributed by atoms with Crippen LogP contribution in [0.5, 0.6) is 0 Å². The second kappa shape index (κ2) is 39.1. The number of nitrogens with one attached hydrogen (secondary N) is 6. The number of aromatic nitrogens is 12. The molecule has 9 aromatic heterocycles. The van der Waals surface area contributed by atoms with Gasteiger partial charge in [-0.25, -0.2) is 57.8 Å². The number of nitriles is 2. The number of hydrogen-bond donors (Lipinski definition) is 8. The van der Waals surface area contributed by atoms with Crippen LogP contribution in [0.4, 0.5) is 13.2 Å². The third kappa shape index (κ3) is 24.9. The number of aromatic carboxylic acids is 1. The molecule has 1 saturated heterocycles. The maximum absolute atomic E-state index is 13.4. The highest BCUT2D eigenvalue weighted by atomic mass is 79.9. The highest BCUT2D eigenvalue weighted by molar-refractivity contribution is 9.11. The Balaban J connectivity index is 0.000000372. The number of fused-ring (bicyclic) bond motifs is 3. The zero-order valence-corrected chi connectivity index (χ0v) is 60.4. The van der Waals surface area contributed by atoms with Crippen LogP contribution < -0.4 is 27.7 Å². The van der Waals surface area contributed by atoms with Crippen molar-refractivity contribution in [1.29, 1.82) is 21.3 Å². The number of aryl methyl sites for hydroxylation is 4. The Morgan fingerprint density at radius 1 is 0.596 bits per heavy atom. The lowest BCUT2D eigenvalue weighted by Crippen LogP contribution is -2.44. The summed E-state index contributed by atoms with van der Waals surface area (Å²) in [6.07, 6.45) is 7.93. The summed E-state index contributed by atoms with van der Waals surface area (Å²) in [6.45, 7) is 15.2. The van der Waals surface area contributed by atoms with E-state index in [4.69, 9.17) is 104 Å². The number of pyridine rings is 6. The van der Waals surface area contributed by atoms with Crippen molar-refractivity contribution in [3.8, 4) is 12.1 Å². The third-order valence-corrected chi connectivity index (χ3v) is 14.0. The average molecular weight is 1670 g/mol. The van der Waals surface area contributed by atoms with Gasteiger partial charge in [-0.15, -0.1) is 12.4 Å². The van der Waals surface area contributed by atoms with Crippen LogP contribution in [0.15, 0.2) is 75.5 Å². The van der Waals surface area contributed by atoms with Gasteiger partial charge in [-0.1, -0.05) is 58.0 Å². The fraction of sp³-hybridized carbons (Fsp3) is 0.176. The van der Waals surface area contributed by atoms with E-state index in [-0.39, 0.29) is 119 Å². The molecule has 0 saturated carbocycles. The standard InChI is InChI=1S/C10H8N4O.C9H5ClN4O.C8H6BrClFN3O.C8H5BrClN3O.C6H2BrClFNO2.C5H2BrClFN.C3H9B3O3.C2H6N2.ClH/c1-5-9-8(7(3-11)4-12-5)10(15)14-6(2)13-9;1-4-13-7-6(9(15)14-4)5(2-11)3-12-8(7)10;1-3(12)14-8(15)5-4(9)2-13-7(10)6(5)11;1-3-12-6-5(8(14)13-3)4(9)2-11-7(6)10;7-2-1-10-5(8)4(9)3(2)6(11)12;6-3-1-4(8)5(7)9-2-3;1-4-7-5(2)9-6(3)8-4;1-2(3)4;/h4H,1-2H3,(H,13,14,15);3H,1H3,(H,13,14,15);2H,1H3,(H2,12,14,15);2H,1H3,(H,12,13,14);1H,(H,11,12);1-2H;1-3H3;1H3,(H3,3,4);1H. The van der Waals surface area contributed by atoms with Crippen LogP contribution >= 0.6 is 134 Å².